The zero-order valence-electron chi connectivity index (χ0n) is 10.5. The van der Waals surface area contributed by atoms with Crippen LogP contribution in [0.15, 0.2) is 16.7 Å². The number of halogens is 1. The van der Waals surface area contributed by atoms with Gasteiger partial charge in [-0.15, -0.1) is 11.6 Å². The van der Waals surface area contributed by atoms with Gasteiger partial charge in [-0.25, -0.2) is 0 Å². The summed E-state index contributed by atoms with van der Waals surface area (Å²) in [6, 6.07) is 3.72. The van der Waals surface area contributed by atoms with Crippen LogP contribution in [0.4, 0.5) is 0 Å². The summed E-state index contributed by atoms with van der Waals surface area (Å²) in [7, 11) is 0. The van der Waals surface area contributed by atoms with E-state index in [2.05, 4.69) is 5.16 Å². The SMILES string of the molecule is CCOc1cc2onc(CCCl)c2cc1OCC. The van der Waals surface area contributed by atoms with Crippen LogP contribution in [0.1, 0.15) is 19.5 Å². The van der Waals surface area contributed by atoms with Crippen LogP contribution in [-0.4, -0.2) is 24.3 Å². The maximum absolute atomic E-state index is 5.74. The molecule has 0 aliphatic carbocycles. The lowest BCUT2D eigenvalue weighted by Gasteiger charge is -2.10. The summed E-state index contributed by atoms with van der Waals surface area (Å²) in [5.41, 5.74) is 1.55. The van der Waals surface area contributed by atoms with Gasteiger partial charge < -0.3 is 14.0 Å². The molecular formula is C13H16ClNO3. The van der Waals surface area contributed by atoms with E-state index in [1.54, 1.807) is 0 Å². The monoisotopic (exact) mass is 269 g/mol. The van der Waals surface area contributed by atoms with Crippen LogP contribution in [0.5, 0.6) is 11.5 Å². The van der Waals surface area contributed by atoms with E-state index in [9.17, 15) is 0 Å². The molecule has 0 amide bonds. The number of nitrogens with zero attached hydrogens (tertiary/aromatic N) is 1. The van der Waals surface area contributed by atoms with Gasteiger partial charge in [0, 0.05) is 23.8 Å². The first kappa shape index (κ1) is 13.0. The van der Waals surface area contributed by atoms with Crippen LogP contribution < -0.4 is 9.47 Å². The third-order valence-corrected chi connectivity index (χ3v) is 2.73. The van der Waals surface area contributed by atoms with Crippen LogP contribution >= 0.6 is 11.6 Å². The van der Waals surface area contributed by atoms with Crippen molar-refractivity contribution in [2.24, 2.45) is 0 Å². The Hall–Kier alpha value is -1.42. The van der Waals surface area contributed by atoms with Gasteiger partial charge >= 0.3 is 0 Å². The van der Waals surface area contributed by atoms with Crippen molar-refractivity contribution < 1.29 is 14.0 Å². The van der Waals surface area contributed by atoms with Gasteiger partial charge in [0.05, 0.1) is 18.9 Å². The van der Waals surface area contributed by atoms with E-state index >= 15 is 0 Å². The highest BCUT2D eigenvalue weighted by atomic mass is 35.5. The van der Waals surface area contributed by atoms with E-state index in [1.165, 1.54) is 0 Å². The standard InChI is InChI=1S/C13H16ClNO3/c1-3-16-12-7-9-10(5-6-14)15-18-11(9)8-13(12)17-4-2/h7-8H,3-6H2,1-2H3. The van der Waals surface area contributed by atoms with Gasteiger partial charge in [0.15, 0.2) is 17.1 Å². The Balaban J connectivity index is 2.48. The number of aryl methyl sites for hydroxylation is 1. The topological polar surface area (TPSA) is 44.5 Å². The van der Waals surface area contributed by atoms with Crippen LogP contribution in [0.25, 0.3) is 11.0 Å². The number of hydrogen-bond donors (Lipinski definition) is 0. The summed E-state index contributed by atoms with van der Waals surface area (Å²) in [6.07, 6.45) is 0.675. The molecule has 18 heavy (non-hydrogen) atoms. The average molecular weight is 270 g/mol. The number of rotatable bonds is 6. The predicted octanol–water partition coefficient (Wildman–Crippen LogP) is 3.41. The second-order valence-electron chi connectivity index (χ2n) is 3.73. The van der Waals surface area contributed by atoms with Gasteiger partial charge in [0.2, 0.25) is 0 Å². The number of fused-ring (bicyclic) bond motifs is 1. The van der Waals surface area contributed by atoms with Crippen molar-refractivity contribution in [3.05, 3.63) is 17.8 Å². The summed E-state index contributed by atoms with van der Waals surface area (Å²) >= 11 is 5.74. The lowest BCUT2D eigenvalue weighted by Crippen LogP contribution is -1.98. The van der Waals surface area contributed by atoms with Crippen molar-refractivity contribution in [3.63, 3.8) is 0 Å². The molecule has 0 atom stereocenters. The van der Waals surface area contributed by atoms with E-state index in [0.29, 0.717) is 42.6 Å². The molecule has 2 aromatic rings. The predicted molar refractivity (Wildman–Crippen MR) is 70.8 cm³/mol. The maximum atomic E-state index is 5.74. The summed E-state index contributed by atoms with van der Waals surface area (Å²) in [5, 5.41) is 4.95. The molecule has 1 aromatic carbocycles. The molecule has 0 saturated carbocycles. The first-order valence-electron chi connectivity index (χ1n) is 6.04. The molecule has 0 saturated heterocycles. The largest absolute Gasteiger partial charge is 0.490 e. The summed E-state index contributed by atoms with van der Waals surface area (Å²) in [6.45, 7) is 5.03. The minimum absolute atomic E-state index is 0.513. The lowest BCUT2D eigenvalue weighted by molar-refractivity contribution is 0.288. The quantitative estimate of drug-likeness (QED) is 0.754. The van der Waals surface area contributed by atoms with Crippen LogP contribution in [0, 0.1) is 0 Å². The third-order valence-electron chi connectivity index (χ3n) is 2.54. The smallest absolute Gasteiger partial charge is 0.171 e. The summed E-state index contributed by atoms with van der Waals surface area (Å²) in [4.78, 5) is 0. The zero-order valence-corrected chi connectivity index (χ0v) is 11.3. The number of aromatic nitrogens is 1. The summed E-state index contributed by atoms with van der Waals surface area (Å²) < 4.78 is 16.4. The minimum atomic E-state index is 0.513. The van der Waals surface area contributed by atoms with Gasteiger partial charge in [0.1, 0.15) is 0 Å². The van der Waals surface area contributed by atoms with E-state index in [1.807, 2.05) is 26.0 Å². The molecule has 0 N–H and O–H groups in total. The number of alkyl halides is 1. The molecule has 0 aliphatic heterocycles. The molecule has 0 aliphatic rings. The highest BCUT2D eigenvalue weighted by Gasteiger charge is 2.14. The maximum Gasteiger partial charge on any atom is 0.171 e. The Labute approximate surface area is 111 Å². The molecule has 1 heterocycles. The fraction of sp³-hybridized carbons (Fsp3) is 0.462. The molecular weight excluding hydrogens is 254 g/mol. The van der Waals surface area contributed by atoms with E-state index in [0.717, 1.165) is 11.1 Å². The van der Waals surface area contributed by atoms with Crippen molar-refractivity contribution in [1.29, 1.82) is 0 Å². The van der Waals surface area contributed by atoms with Crippen molar-refractivity contribution in [3.8, 4) is 11.5 Å². The minimum Gasteiger partial charge on any atom is -0.490 e. The first-order valence-corrected chi connectivity index (χ1v) is 6.57. The Bertz CT molecular complexity index is 524. The normalized spacial score (nSPS) is 10.8. The molecule has 0 spiro atoms. The number of benzene rings is 1. The summed E-state index contributed by atoms with van der Waals surface area (Å²) in [5.74, 6) is 1.91. The molecule has 4 nitrogen and oxygen atoms in total. The van der Waals surface area contributed by atoms with Gasteiger partial charge in [-0.3, -0.25) is 0 Å². The Morgan fingerprint density at radius 2 is 1.83 bits per heavy atom. The Morgan fingerprint density at radius 1 is 1.17 bits per heavy atom. The van der Waals surface area contributed by atoms with Gasteiger partial charge in [0.25, 0.3) is 0 Å². The number of ether oxygens (including phenoxy) is 2. The second-order valence-corrected chi connectivity index (χ2v) is 4.11. The van der Waals surface area contributed by atoms with Crippen LogP contribution in [-0.2, 0) is 6.42 Å². The molecule has 5 heteroatoms. The van der Waals surface area contributed by atoms with Crippen LogP contribution in [0.2, 0.25) is 0 Å². The fourth-order valence-electron chi connectivity index (χ4n) is 1.80. The molecule has 98 valence electrons. The molecule has 0 unspecified atom stereocenters. The Morgan fingerprint density at radius 3 is 2.44 bits per heavy atom. The van der Waals surface area contributed by atoms with E-state index in [-0.39, 0.29) is 0 Å². The molecule has 1 aromatic heterocycles. The van der Waals surface area contributed by atoms with Crippen molar-refractivity contribution >= 4 is 22.6 Å². The van der Waals surface area contributed by atoms with E-state index in [4.69, 9.17) is 25.6 Å². The van der Waals surface area contributed by atoms with Gasteiger partial charge in [-0.05, 0) is 19.9 Å². The Kier molecular flexibility index (Phi) is 4.31. The highest BCUT2D eigenvalue weighted by molar-refractivity contribution is 6.18. The first-order chi connectivity index (χ1) is 8.80. The van der Waals surface area contributed by atoms with Gasteiger partial charge in [-0.2, -0.15) is 0 Å². The zero-order chi connectivity index (χ0) is 13.0. The average Bonchev–Trinajstić information content (AvgIpc) is 2.74. The molecule has 0 fully saturated rings. The van der Waals surface area contributed by atoms with Crippen LogP contribution in [0.3, 0.4) is 0 Å². The lowest BCUT2D eigenvalue weighted by atomic mass is 10.1. The number of hydrogen-bond acceptors (Lipinski definition) is 4. The van der Waals surface area contributed by atoms with Crippen molar-refractivity contribution in [2.75, 3.05) is 19.1 Å². The van der Waals surface area contributed by atoms with E-state index < -0.39 is 0 Å². The van der Waals surface area contributed by atoms with Crippen molar-refractivity contribution in [2.45, 2.75) is 20.3 Å². The third kappa shape index (κ3) is 2.53. The highest BCUT2D eigenvalue weighted by Crippen LogP contribution is 2.34. The van der Waals surface area contributed by atoms with Gasteiger partial charge in [-0.1, -0.05) is 5.16 Å². The molecule has 0 radical (unpaired) electrons. The molecule has 2 rings (SSSR count). The van der Waals surface area contributed by atoms with Crippen molar-refractivity contribution in [1.82, 2.24) is 5.16 Å². The molecule has 0 bridgehead atoms. The second kappa shape index (κ2) is 5.96. The fourth-order valence-corrected chi connectivity index (χ4v) is 1.98.